The molecule has 7 nitrogen and oxygen atoms in total. The van der Waals surface area contributed by atoms with Crippen molar-refractivity contribution in [1.29, 1.82) is 0 Å². The van der Waals surface area contributed by atoms with Gasteiger partial charge >= 0.3 is 5.97 Å². The molecule has 1 heterocycles. The lowest BCUT2D eigenvalue weighted by atomic mass is 10.1. The topological polar surface area (TPSA) is 93.2 Å². The Kier molecular flexibility index (Phi) is 5.64. The van der Waals surface area contributed by atoms with E-state index in [0.29, 0.717) is 22.9 Å². The number of Topliss-reactive ketones (excluding diaryl/α,β-unsaturated/α-hetero) is 1. The minimum Gasteiger partial charge on any atom is -0.465 e. The van der Waals surface area contributed by atoms with Gasteiger partial charge in [-0.05, 0) is 62.4 Å². The third-order valence-corrected chi connectivity index (χ3v) is 3.98. The number of anilines is 4. The van der Waals surface area contributed by atoms with Crippen molar-refractivity contribution >= 4 is 34.9 Å². The summed E-state index contributed by atoms with van der Waals surface area (Å²) in [4.78, 5) is 31.7. The largest absolute Gasteiger partial charge is 0.465 e. The molecule has 142 valence electrons. The molecule has 0 aliphatic rings. The highest BCUT2D eigenvalue weighted by atomic mass is 16.5. The standard InChI is InChI=1S/C21H20N4O3/c1-13-12-19(23-17-8-4-15(5-9-17)14(2)26)25-21(22-13)24-18-10-6-16(7-11-18)20(27)28-3/h4-12H,1-3H3,(H2,22,23,24,25). The van der Waals surface area contributed by atoms with Gasteiger partial charge in [0, 0.05) is 28.7 Å². The van der Waals surface area contributed by atoms with Crippen LogP contribution in [0.15, 0.2) is 54.6 Å². The fraction of sp³-hybridized carbons (Fsp3) is 0.143. The van der Waals surface area contributed by atoms with Gasteiger partial charge in [-0.2, -0.15) is 4.98 Å². The second-order valence-corrected chi connectivity index (χ2v) is 6.17. The smallest absolute Gasteiger partial charge is 0.337 e. The molecule has 0 amide bonds. The number of carbonyl (C=O) groups excluding carboxylic acids is 2. The van der Waals surface area contributed by atoms with Crippen LogP contribution in [0.5, 0.6) is 0 Å². The Labute approximate surface area is 162 Å². The van der Waals surface area contributed by atoms with Crippen LogP contribution >= 0.6 is 0 Å². The van der Waals surface area contributed by atoms with Crippen molar-refractivity contribution in [2.75, 3.05) is 17.7 Å². The molecular formula is C21H20N4O3. The number of rotatable bonds is 6. The van der Waals surface area contributed by atoms with Gasteiger partial charge in [-0.25, -0.2) is 9.78 Å². The monoisotopic (exact) mass is 376 g/mol. The van der Waals surface area contributed by atoms with Gasteiger partial charge in [0.1, 0.15) is 5.82 Å². The first-order chi connectivity index (χ1) is 13.4. The van der Waals surface area contributed by atoms with Crippen LogP contribution in [0.4, 0.5) is 23.1 Å². The second-order valence-electron chi connectivity index (χ2n) is 6.17. The van der Waals surface area contributed by atoms with Crippen molar-refractivity contribution in [3.63, 3.8) is 0 Å². The van der Waals surface area contributed by atoms with Crippen LogP contribution in [0.2, 0.25) is 0 Å². The summed E-state index contributed by atoms with van der Waals surface area (Å²) >= 11 is 0. The van der Waals surface area contributed by atoms with E-state index >= 15 is 0 Å². The number of aromatic nitrogens is 2. The number of hydrogen-bond acceptors (Lipinski definition) is 7. The third-order valence-electron chi connectivity index (χ3n) is 3.98. The molecule has 0 bridgehead atoms. The summed E-state index contributed by atoms with van der Waals surface area (Å²) in [5.74, 6) is 0.681. The molecule has 0 unspecified atom stereocenters. The van der Waals surface area contributed by atoms with E-state index in [0.717, 1.165) is 17.1 Å². The lowest BCUT2D eigenvalue weighted by Crippen LogP contribution is -2.04. The predicted molar refractivity (Wildman–Crippen MR) is 108 cm³/mol. The molecule has 0 aliphatic carbocycles. The SMILES string of the molecule is COC(=O)c1ccc(Nc2nc(C)cc(Nc3ccc(C(C)=O)cc3)n2)cc1. The van der Waals surface area contributed by atoms with Gasteiger partial charge in [-0.3, -0.25) is 4.79 Å². The summed E-state index contributed by atoms with van der Waals surface area (Å²) < 4.78 is 4.69. The van der Waals surface area contributed by atoms with E-state index < -0.39 is 0 Å². The molecule has 2 N–H and O–H groups in total. The molecule has 0 saturated carbocycles. The molecule has 0 radical (unpaired) electrons. The number of ketones is 1. The van der Waals surface area contributed by atoms with Gasteiger partial charge in [-0.1, -0.05) is 0 Å². The van der Waals surface area contributed by atoms with Crippen LogP contribution in [0, 0.1) is 6.92 Å². The molecule has 0 spiro atoms. The maximum Gasteiger partial charge on any atom is 0.337 e. The number of nitrogens with zero attached hydrogens (tertiary/aromatic N) is 2. The van der Waals surface area contributed by atoms with Crippen LogP contribution in [0.1, 0.15) is 33.3 Å². The highest BCUT2D eigenvalue weighted by Gasteiger charge is 2.07. The van der Waals surface area contributed by atoms with Crippen molar-refractivity contribution < 1.29 is 14.3 Å². The lowest BCUT2D eigenvalue weighted by Gasteiger charge is -2.10. The Bertz CT molecular complexity index is 999. The number of hydrogen-bond donors (Lipinski definition) is 2. The summed E-state index contributed by atoms with van der Waals surface area (Å²) in [5, 5.41) is 6.33. The number of methoxy groups -OCH3 is 1. The summed E-state index contributed by atoms with van der Waals surface area (Å²) in [6, 6.07) is 15.8. The van der Waals surface area contributed by atoms with E-state index in [2.05, 4.69) is 20.6 Å². The second kappa shape index (κ2) is 8.30. The predicted octanol–water partition coefficient (Wildman–Crippen LogP) is 4.26. The number of esters is 1. The van der Waals surface area contributed by atoms with Crippen LogP contribution in [0.3, 0.4) is 0 Å². The van der Waals surface area contributed by atoms with E-state index in [1.54, 1.807) is 36.4 Å². The minimum absolute atomic E-state index is 0.0223. The minimum atomic E-state index is -0.388. The number of benzene rings is 2. The van der Waals surface area contributed by atoms with Crippen LogP contribution in [0.25, 0.3) is 0 Å². The van der Waals surface area contributed by atoms with E-state index in [1.165, 1.54) is 14.0 Å². The molecule has 0 fully saturated rings. The Hall–Kier alpha value is -3.74. The zero-order valence-corrected chi connectivity index (χ0v) is 15.8. The summed E-state index contributed by atoms with van der Waals surface area (Å²) in [6.45, 7) is 3.41. The van der Waals surface area contributed by atoms with Crippen molar-refractivity contribution in [2.45, 2.75) is 13.8 Å². The van der Waals surface area contributed by atoms with Crippen LogP contribution in [-0.2, 0) is 4.74 Å². The Morgan fingerprint density at radius 2 is 1.43 bits per heavy atom. The molecule has 3 aromatic rings. The van der Waals surface area contributed by atoms with E-state index in [1.807, 2.05) is 25.1 Å². The number of aryl methyl sites for hydroxylation is 1. The Morgan fingerprint density at radius 3 is 2.00 bits per heavy atom. The molecule has 3 rings (SSSR count). The van der Waals surface area contributed by atoms with Crippen LogP contribution in [-0.4, -0.2) is 28.8 Å². The molecule has 0 atom stereocenters. The Balaban J connectivity index is 1.75. The van der Waals surface area contributed by atoms with E-state index in [9.17, 15) is 9.59 Å². The van der Waals surface area contributed by atoms with E-state index in [4.69, 9.17) is 4.74 Å². The van der Waals surface area contributed by atoms with E-state index in [-0.39, 0.29) is 11.8 Å². The molecule has 7 heteroatoms. The number of ether oxygens (including phenoxy) is 1. The summed E-state index contributed by atoms with van der Waals surface area (Å²) in [5.41, 5.74) is 3.47. The fourth-order valence-electron chi connectivity index (χ4n) is 2.56. The lowest BCUT2D eigenvalue weighted by molar-refractivity contribution is 0.0600. The van der Waals surface area contributed by atoms with Crippen molar-refractivity contribution in [3.05, 3.63) is 71.4 Å². The highest BCUT2D eigenvalue weighted by molar-refractivity contribution is 5.94. The third kappa shape index (κ3) is 4.70. The zero-order chi connectivity index (χ0) is 20.1. The van der Waals surface area contributed by atoms with Crippen LogP contribution < -0.4 is 10.6 Å². The zero-order valence-electron chi connectivity index (χ0n) is 15.8. The molecule has 0 saturated heterocycles. The number of carbonyl (C=O) groups is 2. The number of nitrogens with one attached hydrogen (secondary N) is 2. The van der Waals surface area contributed by atoms with Gasteiger partial charge < -0.3 is 15.4 Å². The quantitative estimate of drug-likeness (QED) is 0.490. The van der Waals surface area contributed by atoms with Crippen molar-refractivity contribution in [2.24, 2.45) is 0 Å². The molecule has 0 aliphatic heterocycles. The van der Waals surface area contributed by atoms with Crippen molar-refractivity contribution in [3.8, 4) is 0 Å². The normalized spacial score (nSPS) is 10.2. The van der Waals surface area contributed by atoms with Gasteiger partial charge in [-0.15, -0.1) is 0 Å². The van der Waals surface area contributed by atoms with Gasteiger partial charge in [0.2, 0.25) is 5.95 Å². The van der Waals surface area contributed by atoms with Gasteiger partial charge in [0.15, 0.2) is 5.78 Å². The average Bonchev–Trinajstić information content (AvgIpc) is 2.68. The fourth-order valence-corrected chi connectivity index (χ4v) is 2.56. The highest BCUT2D eigenvalue weighted by Crippen LogP contribution is 2.20. The molecule has 1 aromatic heterocycles. The maximum absolute atomic E-state index is 11.5. The molecular weight excluding hydrogens is 356 g/mol. The average molecular weight is 376 g/mol. The van der Waals surface area contributed by atoms with Gasteiger partial charge in [0.05, 0.1) is 12.7 Å². The van der Waals surface area contributed by atoms with Crippen molar-refractivity contribution in [1.82, 2.24) is 9.97 Å². The Morgan fingerprint density at radius 1 is 0.857 bits per heavy atom. The first-order valence-corrected chi connectivity index (χ1v) is 8.64. The molecule has 28 heavy (non-hydrogen) atoms. The molecule has 2 aromatic carbocycles. The maximum atomic E-state index is 11.5. The first kappa shape index (κ1) is 19.0. The summed E-state index contributed by atoms with van der Waals surface area (Å²) in [7, 11) is 1.34. The summed E-state index contributed by atoms with van der Waals surface area (Å²) in [6.07, 6.45) is 0. The first-order valence-electron chi connectivity index (χ1n) is 8.64. The van der Waals surface area contributed by atoms with Gasteiger partial charge in [0.25, 0.3) is 0 Å².